The van der Waals surface area contributed by atoms with Crippen LogP contribution >= 0.6 is 0 Å². The van der Waals surface area contributed by atoms with Gasteiger partial charge in [-0.1, -0.05) is 0 Å². The summed E-state index contributed by atoms with van der Waals surface area (Å²) in [6.07, 6.45) is -3.46. The van der Waals surface area contributed by atoms with Gasteiger partial charge in [-0.15, -0.1) is 13.2 Å². The maximum absolute atomic E-state index is 12.0. The number of nitrogens with zero attached hydrogens (tertiary/aromatic N) is 1. The topological polar surface area (TPSA) is 74.2 Å². The highest BCUT2D eigenvalue weighted by Gasteiger charge is 2.33. The second kappa shape index (κ2) is 3.93. The summed E-state index contributed by atoms with van der Waals surface area (Å²) in [6.45, 7) is 1.52. The second-order valence-corrected chi connectivity index (χ2v) is 2.87. The maximum Gasteiger partial charge on any atom is 0.573 e. The summed E-state index contributed by atoms with van der Waals surface area (Å²) in [5, 5.41) is 0. The van der Waals surface area contributed by atoms with Crippen LogP contribution in [0.2, 0.25) is 0 Å². The highest BCUT2D eigenvalue weighted by Crippen LogP contribution is 2.31. The average molecular weight is 221 g/mol. The minimum absolute atomic E-state index is 0.0767. The molecule has 0 spiro atoms. The summed E-state index contributed by atoms with van der Waals surface area (Å²) in [5.41, 5.74) is 11.3. The molecule has 7 heteroatoms. The summed E-state index contributed by atoms with van der Waals surface area (Å²) < 4.78 is 39.8. The molecule has 0 aromatic carbocycles. The molecule has 0 aliphatic carbocycles. The molecule has 0 radical (unpaired) electrons. The van der Waals surface area contributed by atoms with Crippen molar-refractivity contribution >= 4 is 5.82 Å². The Hall–Kier alpha value is -1.50. The number of anilines is 1. The molecular weight excluding hydrogens is 211 g/mol. The fourth-order valence-electron chi connectivity index (χ4n) is 1.09. The largest absolute Gasteiger partial charge is 0.573 e. The van der Waals surface area contributed by atoms with E-state index in [1.54, 1.807) is 0 Å². The molecule has 0 fully saturated rings. The lowest BCUT2D eigenvalue weighted by atomic mass is 10.1. The number of rotatable bonds is 2. The first-order valence-electron chi connectivity index (χ1n) is 4.05. The number of ether oxygens (including phenoxy) is 1. The Morgan fingerprint density at radius 2 is 2.07 bits per heavy atom. The van der Waals surface area contributed by atoms with Crippen LogP contribution in [-0.2, 0) is 6.54 Å². The van der Waals surface area contributed by atoms with Gasteiger partial charge in [0.1, 0.15) is 0 Å². The van der Waals surface area contributed by atoms with Gasteiger partial charge in [-0.3, -0.25) is 0 Å². The molecule has 0 amide bonds. The minimum atomic E-state index is -4.78. The number of aromatic nitrogens is 1. The Labute approximate surface area is 84.0 Å². The van der Waals surface area contributed by atoms with Crippen LogP contribution in [0, 0.1) is 6.92 Å². The molecule has 0 saturated carbocycles. The van der Waals surface area contributed by atoms with Gasteiger partial charge in [-0.2, -0.15) is 0 Å². The molecule has 0 aliphatic heterocycles. The quantitative estimate of drug-likeness (QED) is 0.790. The lowest BCUT2D eigenvalue weighted by Gasteiger charge is -2.14. The Balaban J connectivity index is 3.15. The molecule has 0 atom stereocenters. The average Bonchev–Trinajstić information content (AvgIpc) is 2.11. The van der Waals surface area contributed by atoms with Crippen molar-refractivity contribution < 1.29 is 17.9 Å². The highest BCUT2D eigenvalue weighted by molar-refractivity contribution is 5.53. The van der Waals surface area contributed by atoms with Gasteiger partial charge in [0.2, 0.25) is 0 Å². The van der Waals surface area contributed by atoms with Crippen LogP contribution in [0.3, 0.4) is 0 Å². The van der Waals surface area contributed by atoms with E-state index in [0.717, 1.165) is 0 Å². The number of alkyl halides is 3. The predicted molar refractivity (Wildman–Crippen MR) is 48.0 cm³/mol. The van der Waals surface area contributed by atoms with E-state index in [0.29, 0.717) is 5.56 Å². The Bertz CT molecular complexity index is 365. The molecule has 15 heavy (non-hydrogen) atoms. The first-order valence-corrected chi connectivity index (χ1v) is 4.05. The summed E-state index contributed by atoms with van der Waals surface area (Å²) in [4.78, 5) is 3.57. The van der Waals surface area contributed by atoms with Gasteiger partial charge in [0.05, 0.1) is 0 Å². The maximum atomic E-state index is 12.0. The van der Waals surface area contributed by atoms with E-state index in [4.69, 9.17) is 11.5 Å². The third-order valence-corrected chi connectivity index (χ3v) is 1.85. The first-order chi connectivity index (χ1) is 6.85. The number of hydrogen-bond donors (Lipinski definition) is 2. The van der Waals surface area contributed by atoms with Gasteiger partial charge in [0, 0.05) is 18.3 Å². The van der Waals surface area contributed by atoms with Gasteiger partial charge < -0.3 is 16.2 Å². The standard InChI is InChI=1S/C8H10F3N3O/c1-4-5(2-12)3-14-7(13)6(4)15-8(9,10)11/h3H,2,12H2,1H3,(H2,13,14). The van der Waals surface area contributed by atoms with Crippen LogP contribution in [0.15, 0.2) is 6.20 Å². The van der Waals surface area contributed by atoms with Crippen molar-refractivity contribution in [3.8, 4) is 5.75 Å². The van der Waals surface area contributed by atoms with Gasteiger partial charge in [0.25, 0.3) is 0 Å². The van der Waals surface area contributed by atoms with Crippen LogP contribution in [-0.4, -0.2) is 11.3 Å². The first kappa shape index (κ1) is 11.6. The second-order valence-electron chi connectivity index (χ2n) is 2.87. The van der Waals surface area contributed by atoms with E-state index in [1.165, 1.54) is 13.1 Å². The molecule has 4 nitrogen and oxygen atoms in total. The smallest absolute Gasteiger partial charge is 0.402 e. The molecule has 0 saturated heterocycles. The summed E-state index contributed by atoms with van der Waals surface area (Å²) in [5.74, 6) is -0.785. The molecule has 84 valence electrons. The normalized spacial score (nSPS) is 11.5. The zero-order valence-electron chi connectivity index (χ0n) is 7.93. The van der Waals surface area contributed by atoms with Crippen LogP contribution in [0.1, 0.15) is 11.1 Å². The SMILES string of the molecule is Cc1c(CN)cnc(N)c1OC(F)(F)F. The zero-order chi connectivity index (χ0) is 11.6. The molecule has 0 unspecified atom stereocenters. The molecule has 0 bridgehead atoms. The minimum Gasteiger partial charge on any atom is -0.402 e. The lowest BCUT2D eigenvalue weighted by molar-refractivity contribution is -0.274. The molecule has 1 aromatic heterocycles. The van der Waals surface area contributed by atoms with Gasteiger partial charge in [-0.25, -0.2) is 4.98 Å². The van der Waals surface area contributed by atoms with Crippen molar-refractivity contribution in [2.75, 3.05) is 5.73 Å². The lowest BCUT2D eigenvalue weighted by Crippen LogP contribution is -2.20. The molecule has 0 aliphatic rings. The third-order valence-electron chi connectivity index (χ3n) is 1.85. The molecular formula is C8H10F3N3O. The molecule has 1 heterocycles. The third kappa shape index (κ3) is 2.72. The van der Waals surface area contributed by atoms with Gasteiger partial charge in [-0.05, 0) is 12.5 Å². The predicted octanol–water partition coefficient (Wildman–Crippen LogP) is 1.33. The number of nitrogen functional groups attached to an aromatic ring is 1. The van der Waals surface area contributed by atoms with E-state index in [-0.39, 0.29) is 17.9 Å². The number of nitrogens with two attached hydrogens (primary N) is 2. The van der Waals surface area contributed by atoms with Crippen LogP contribution < -0.4 is 16.2 Å². The summed E-state index contributed by atoms with van der Waals surface area (Å²) >= 11 is 0. The number of hydrogen-bond acceptors (Lipinski definition) is 4. The fraction of sp³-hybridized carbons (Fsp3) is 0.375. The van der Waals surface area contributed by atoms with Crippen molar-refractivity contribution in [2.45, 2.75) is 19.8 Å². The van der Waals surface area contributed by atoms with Crippen molar-refractivity contribution in [1.29, 1.82) is 0 Å². The molecule has 1 rings (SSSR count). The van der Waals surface area contributed by atoms with E-state index >= 15 is 0 Å². The van der Waals surface area contributed by atoms with Gasteiger partial charge >= 0.3 is 6.36 Å². The van der Waals surface area contributed by atoms with Crippen LogP contribution in [0.4, 0.5) is 19.0 Å². The Morgan fingerprint density at radius 1 is 1.47 bits per heavy atom. The molecule has 1 aromatic rings. The van der Waals surface area contributed by atoms with Crippen LogP contribution in [0.25, 0.3) is 0 Å². The van der Waals surface area contributed by atoms with Crippen molar-refractivity contribution in [1.82, 2.24) is 4.98 Å². The highest BCUT2D eigenvalue weighted by atomic mass is 19.4. The zero-order valence-corrected chi connectivity index (χ0v) is 7.93. The van der Waals surface area contributed by atoms with Crippen LogP contribution in [0.5, 0.6) is 5.75 Å². The summed E-state index contributed by atoms with van der Waals surface area (Å²) in [7, 11) is 0. The van der Waals surface area contributed by atoms with Crippen molar-refractivity contribution in [2.24, 2.45) is 5.73 Å². The number of halogens is 3. The van der Waals surface area contributed by atoms with Gasteiger partial charge in [0.15, 0.2) is 11.6 Å². The Kier molecular flexibility index (Phi) is 3.04. The van der Waals surface area contributed by atoms with E-state index in [1.807, 2.05) is 0 Å². The summed E-state index contributed by atoms with van der Waals surface area (Å²) in [6, 6.07) is 0. The molecule has 4 N–H and O–H groups in total. The monoisotopic (exact) mass is 221 g/mol. The van der Waals surface area contributed by atoms with Crippen molar-refractivity contribution in [3.05, 3.63) is 17.3 Å². The van der Waals surface area contributed by atoms with E-state index in [2.05, 4.69) is 9.72 Å². The van der Waals surface area contributed by atoms with Crippen molar-refractivity contribution in [3.63, 3.8) is 0 Å². The Morgan fingerprint density at radius 3 is 2.53 bits per heavy atom. The van der Waals surface area contributed by atoms with E-state index in [9.17, 15) is 13.2 Å². The fourth-order valence-corrected chi connectivity index (χ4v) is 1.09. The van der Waals surface area contributed by atoms with E-state index < -0.39 is 12.1 Å². The number of pyridine rings is 1.